The maximum Gasteiger partial charge on any atom is 0.238 e. The minimum atomic E-state index is -0.394. The number of nitrogens with one attached hydrogen (secondary N) is 2. The third-order valence-electron chi connectivity index (χ3n) is 5.70. The van der Waals surface area contributed by atoms with E-state index in [4.69, 9.17) is 4.74 Å². The number of piperidine rings is 1. The molecular formula is C23H34N4O4. The average Bonchev–Trinajstić information content (AvgIpc) is 2.74. The number of carbonyl (C=O) groups excluding carboxylic acids is 3. The van der Waals surface area contributed by atoms with Crippen molar-refractivity contribution in [2.75, 3.05) is 56.6 Å². The summed E-state index contributed by atoms with van der Waals surface area (Å²) in [6, 6.07) is 7.16. The maximum absolute atomic E-state index is 12.6. The highest BCUT2D eigenvalue weighted by molar-refractivity contribution is 5.94. The van der Waals surface area contributed by atoms with Gasteiger partial charge >= 0.3 is 0 Å². The van der Waals surface area contributed by atoms with Crippen LogP contribution in [0.5, 0.6) is 0 Å². The summed E-state index contributed by atoms with van der Waals surface area (Å²) in [6.07, 6.45) is 1.34. The van der Waals surface area contributed by atoms with Crippen molar-refractivity contribution in [3.63, 3.8) is 0 Å². The van der Waals surface area contributed by atoms with Crippen LogP contribution in [0.15, 0.2) is 24.3 Å². The molecule has 3 rings (SSSR count). The molecule has 0 aromatic heterocycles. The monoisotopic (exact) mass is 430 g/mol. The predicted molar refractivity (Wildman–Crippen MR) is 120 cm³/mol. The fraction of sp³-hybridized carbons (Fsp3) is 0.609. The lowest BCUT2D eigenvalue weighted by atomic mass is 9.90. The number of likely N-dealkylation sites (tertiary alicyclic amines) is 1. The predicted octanol–water partition coefficient (Wildman–Crippen LogP) is 2.18. The molecule has 0 unspecified atom stereocenters. The molecule has 0 saturated carbocycles. The van der Waals surface area contributed by atoms with Gasteiger partial charge in [0.05, 0.1) is 19.8 Å². The Morgan fingerprint density at radius 2 is 1.48 bits per heavy atom. The summed E-state index contributed by atoms with van der Waals surface area (Å²) in [6.45, 7) is 10.2. The van der Waals surface area contributed by atoms with E-state index in [0.717, 1.165) is 13.1 Å². The lowest BCUT2D eigenvalue weighted by Crippen LogP contribution is -2.45. The van der Waals surface area contributed by atoms with Gasteiger partial charge in [-0.25, -0.2) is 0 Å². The van der Waals surface area contributed by atoms with Crippen LogP contribution in [-0.4, -0.2) is 73.5 Å². The first kappa shape index (κ1) is 23.2. The van der Waals surface area contributed by atoms with Crippen LogP contribution in [0.2, 0.25) is 0 Å². The number of hydrogen-bond donors (Lipinski definition) is 2. The minimum absolute atomic E-state index is 0.0213. The van der Waals surface area contributed by atoms with Crippen molar-refractivity contribution >= 4 is 29.1 Å². The lowest BCUT2D eigenvalue weighted by molar-refractivity contribution is -0.142. The standard InChI is InChI=1S/C23H34N4O4/c1-23(2,3)22(30)27-10-8-17(9-11-27)21(29)25-19-6-4-18(5-7-19)24-20(28)16-26-12-14-31-15-13-26/h4-7,17H,8-16H2,1-3H3,(H,24,28)(H,25,29). The molecule has 2 N–H and O–H groups in total. The van der Waals surface area contributed by atoms with Crippen LogP contribution in [0.1, 0.15) is 33.6 Å². The van der Waals surface area contributed by atoms with E-state index in [0.29, 0.717) is 57.1 Å². The van der Waals surface area contributed by atoms with E-state index in [-0.39, 0.29) is 23.6 Å². The Morgan fingerprint density at radius 3 is 2.03 bits per heavy atom. The molecular weight excluding hydrogens is 396 g/mol. The molecule has 2 heterocycles. The zero-order valence-corrected chi connectivity index (χ0v) is 18.8. The SMILES string of the molecule is CC(C)(C)C(=O)N1CCC(C(=O)Nc2ccc(NC(=O)CN3CCOCC3)cc2)CC1. The van der Waals surface area contributed by atoms with Gasteiger partial charge in [-0.2, -0.15) is 0 Å². The van der Waals surface area contributed by atoms with Crippen LogP contribution in [0, 0.1) is 11.3 Å². The van der Waals surface area contributed by atoms with Gasteiger partial charge in [0.1, 0.15) is 0 Å². The fourth-order valence-corrected chi connectivity index (χ4v) is 3.86. The molecule has 31 heavy (non-hydrogen) atoms. The van der Waals surface area contributed by atoms with Gasteiger partial charge in [0.2, 0.25) is 17.7 Å². The van der Waals surface area contributed by atoms with Gasteiger partial charge in [0, 0.05) is 48.9 Å². The molecule has 2 aliphatic rings. The zero-order chi connectivity index (χ0) is 22.4. The van der Waals surface area contributed by atoms with Crippen molar-refractivity contribution in [2.45, 2.75) is 33.6 Å². The summed E-state index contributed by atoms with van der Waals surface area (Å²) >= 11 is 0. The molecule has 2 fully saturated rings. The van der Waals surface area contributed by atoms with Gasteiger partial charge in [-0.05, 0) is 37.1 Å². The van der Waals surface area contributed by atoms with E-state index in [2.05, 4.69) is 15.5 Å². The number of rotatable bonds is 5. The van der Waals surface area contributed by atoms with Crippen molar-refractivity contribution in [2.24, 2.45) is 11.3 Å². The van der Waals surface area contributed by atoms with Crippen molar-refractivity contribution < 1.29 is 19.1 Å². The molecule has 0 radical (unpaired) electrons. The van der Waals surface area contributed by atoms with E-state index < -0.39 is 5.41 Å². The summed E-state index contributed by atoms with van der Waals surface area (Å²) in [7, 11) is 0. The normalized spacial score (nSPS) is 18.5. The molecule has 1 aromatic rings. The molecule has 170 valence electrons. The van der Waals surface area contributed by atoms with Gasteiger partial charge < -0.3 is 20.3 Å². The molecule has 3 amide bonds. The smallest absolute Gasteiger partial charge is 0.238 e. The molecule has 2 aliphatic heterocycles. The van der Waals surface area contributed by atoms with Crippen molar-refractivity contribution in [3.8, 4) is 0 Å². The van der Waals surface area contributed by atoms with Gasteiger partial charge in [0.15, 0.2) is 0 Å². The highest BCUT2D eigenvalue weighted by Gasteiger charge is 2.32. The Hall–Kier alpha value is -2.45. The highest BCUT2D eigenvalue weighted by atomic mass is 16.5. The Balaban J connectivity index is 1.44. The summed E-state index contributed by atoms with van der Waals surface area (Å²) in [5.74, 6) is -0.0447. The largest absolute Gasteiger partial charge is 0.379 e. The maximum atomic E-state index is 12.6. The molecule has 0 spiro atoms. The summed E-state index contributed by atoms with van der Waals surface area (Å²) in [5, 5.41) is 5.84. The highest BCUT2D eigenvalue weighted by Crippen LogP contribution is 2.25. The van der Waals surface area contributed by atoms with Crippen molar-refractivity contribution in [3.05, 3.63) is 24.3 Å². The van der Waals surface area contributed by atoms with E-state index in [1.165, 1.54) is 0 Å². The van der Waals surface area contributed by atoms with E-state index >= 15 is 0 Å². The fourth-order valence-electron chi connectivity index (χ4n) is 3.86. The van der Waals surface area contributed by atoms with Gasteiger partial charge in [-0.15, -0.1) is 0 Å². The molecule has 0 atom stereocenters. The number of benzene rings is 1. The Bertz CT molecular complexity index is 774. The van der Waals surface area contributed by atoms with E-state index in [1.54, 1.807) is 24.3 Å². The summed E-state index contributed by atoms with van der Waals surface area (Å²) in [4.78, 5) is 41.1. The second kappa shape index (κ2) is 10.2. The van der Waals surface area contributed by atoms with Crippen LogP contribution >= 0.6 is 0 Å². The molecule has 0 bridgehead atoms. The summed E-state index contributed by atoms with van der Waals surface area (Å²) < 4.78 is 5.29. The number of amides is 3. The topological polar surface area (TPSA) is 91.0 Å². The molecule has 2 saturated heterocycles. The van der Waals surface area contributed by atoms with Crippen molar-refractivity contribution in [1.82, 2.24) is 9.80 Å². The number of ether oxygens (including phenoxy) is 1. The third kappa shape index (κ3) is 6.77. The van der Waals surface area contributed by atoms with Gasteiger partial charge in [0.25, 0.3) is 0 Å². The summed E-state index contributed by atoms with van der Waals surface area (Å²) in [5.41, 5.74) is 1.00. The first-order valence-electron chi connectivity index (χ1n) is 11.0. The molecule has 8 nitrogen and oxygen atoms in total. The average molecular weight is 431 g/mol. The molecule has 1 aromatic carbocycles. The number of anilines is 2. The zero-order valence-electron chi connectivity index (χ0n) is 18.8. The van der Waals surface area contributed by atoms with E-state index in [1.807, 2.05) is 25.7 Å². The Morgan fingerprint density at radius 1 is 0.935 bits per heavy atom. The first-order valence-corrected chi connectivity index (χ1v) is 11.0. The van der Waals surface area contributed by atoms with E-state index in [9.17, 15) is 14.4 Å². The second-order valence-corrected chi connectivity index (χ2v) is 9.32. The molecule has 8 heteroatoms. The van der Waals surface area contributed by atoms with Gasteiger partial charge in [-0.3, -0.25) is 19.3 Å². The minimum Gasteiger partial charge on any atom is -0.379 e. The van der Waals surface area contributed by atoms with Crippen LogP contribution in [0.25, 0.3) is 0 Å². The molecule has 0 aliphatic carbocycles. The van der Waals surface area contributed by atoms with Gasteiger partial charge in [-0.1, -0.05) is 20.8 Å². The number of morpholine rings is 1. The van der Waals surface area contributed by atoms with Crippen molar-refractivity contribution in [1.29, 1.82) is 0 Å². The Labute approximate surface area is 184 Å². The quantitative estimate of drug-likeness (QED) is 0.747. The van der Waals surface area contributed by atoms with Crippen LogP contribution < -0.4 is 10.6 Å². The third-order valence-corrected chi connectivity index (χ3v) is 5.70. The lowest BCUT2D eigenvalue weighted by Gasteiger charge is -2.35. The second-order valence-electron chi connectivity index (χ2n) is 9.32. The number of carbonyl (C=O) groups is 3. The van der Waals surface area contributed by atoms with Crippen LogP contribution in [0.4, 0.5) is 11.4 Å². The first-order chi connectivity index (χ1) is 14.7. The number of hydrogen-bond acceptors (Lipinski definition) is 5. The Kier molecular flexibility index (Phi) is 7.67. The van der Waals surface area contributed by atoms with Crippen LogP contribution in [-0.2, 0) is 19.1 Å². The van der Waals surface area contributed by atoms with Crippen LogP contribution in [0.3, 0.4) is 0 Å². The number of nitrogens with zero attached hydrogens (tertiary/aromatic N) is 2.